The molecule has 1 aromatic rings. The van der Waals surface area contributed by atoms with Gasteiger partial charge in [0.2, 0.25) is 0 Å². The third kappa shape index (κ3) is 4.17. The normalized spacial score (nSPS) is 19.7. The van der Waals surface area contributed by atoms with Crippen molar-refractivity contribution in [2.24, 2.45) is 0 Å². The standard InChI is InChI=1S/C18H25N3O2S/c1-13(19-17(24)20-15-7-3-2-4-8-15)14-6-5-9-16(12-14)21-10-11-23-18(21)22/h5-6,9,12-13,15H,2-4,7-8,10-11H2,1H3,(H2,19,20,24)/t13-/m1/s1. The minimum atomic E-state index is -0.276. The van der Waals surface area contributed by atoms with Crippen LogP contribution in [-0.2, 0) is 4.74 Å². The number of nitrogens with zero attached hydrogens (tertiary/aromatic N) is 1. The first-order valence-corrected chi connectivity index (χ1v) is 9.15. The molecule has 0 bridgehead atoms. The maximum Gasteiger partial charge on any atom is 0.414 e. The highest BCUT2D eigenvalue weighted by Gasteiger charge is 2.24. The van der Waals surface area contributed by atoms with Crippen molar-refractivity contribution >= 4 is 29.1 Å². The molecule has 0 unspecified atom stereocenters. The summed E-state index contributed by atoms with van der Waals surface area (Å²) in [5.74, 6) is 0. The van der Waals surface area contributed by atoms with Crippen molar-refractivity contribution in [3.63, 3.8) is 0 Å². The van der Waals surface area contributed by atoms with Gasteiger partial charge < -0.3 is 15.4 Å². The van der Waals surface area contributed by atoms with Crippen LogP contribution in [0.25, 0.3) is 0 Å². The molecular formula is C18H25N3O2S. The van der Waals surface area contributed by atoms with E-state index in [1.807, 2.05) is 24.3 Å². The first kappa shape index (κ1) is 17.0. The molecule has 24 heavy (non-hydrogen) atoms. The maximum absolute atomic E-state index is 11.7. The molecular weight excluding hydrogens is 322 g/mol. The van der Waals surface area contributed by atoms with Crippen molar-refractivity contribution in [3.05, 3.63) is 29.8 Å². The van der Waals surface area contributed by atoms with Gasteiger partial charge in [-0.3, -0.25) is 4.90 Å². The fourth-order valence-corrected chi connectivity index (χ4v) is 3.69. The van der Waals surface area contributed by atoms with Gasteiger partial charge in [0.25, 0.3) is 0 Å². The van der Waals surface area contributed by atoms with Crippen LogP contribution in [0.1, 0.15) is 50.6 Å². The number of ether oxygens (including phenoxy) is 1. The van der Waals surface area contributed by atoms with Gasteiger partial charge in [-0.25, -0.2) is 4.79 Å². The first-order chi connectivity index (χ1) is 11.6. The number of amides is 1. The van der Waals surface area contributed by atoms with E-state index in [4.69, 9.17) is 17.0 Å². The Morgan fingerprint density at radius 3 is 2.83 bits per heavy atom. The van der Waals surface area contributed by atoms with E-state index < -0.39 is 0 Å². The lowest BCUT2D eigenvalue weighted by Crippen LogP contribution is -2.43. The number of benzene rings is 1. The van der Waals surface area contributed by atoms with E-state index in [1.165, 1.54) is 32.1 Å². The molecule has 2 N–H and O–H groups in total. The molecule has 1 aliphatic heterocycles. The molecule has 1 heterocycles. The molecule has 1 atom stereocenters. The van der Waals surface area contributed by atoms with Crippen LogP contribution in [0.5, 0.6) is 0 Å². The van der Waals surface area contributed by atoms with Gasteiger partial charge >= 0.3 is 6.09 Å². The molecule has 6 heteroatoms. The van der Waals surface area contributed by atoms with Crippen LogP contribution in [0.2, 0.25) is 0 Å². The molecule has 1 amide bonds. The Morgan fingerprint density at radius 1 is 1.33 bits per heavy atom. The zero-order valence-electron chi connectivity index (χ0n) is 14.1. The van der Waals surface area contributed by atoms with Crippen LogP contribution in [0.3, 0.4) is 0 Å². The average Bonchev–Trinajstić information content (AvgIpc) is 3.02. The molecule has 1 saturated carbocycles. The molecule has 0 radical (unpaired) electrons. The minimum absolute atomic E-state index is 0.0761. The Hall–Kier alpha value is -1.82. The van der Waals surface area contributed by atoms with Crippen LogP contribution in [-0.4, -0.2) is 30.4 Å². The van der Waals surface area contributed by atoms with Gasteiger partial charge in [0.05, 0.1) is 12.6 Å². The second-order valence-corrected chi connectivity index (χ2v) is 6.94. The summed E-state index contributed by atoms with van der Waals surface area (Å²) in [7, 11) is 0. The summed E-state index contributed by atoms with van der Waals surface area (Å²) in [6.45, 7) is 3.13. The summed E-state index contributed by atoms with van der Waals surface area (Å²) < 4.78 is 5.01. The molecule has 130 valence electrons. The molecule has 1 saturated heterocycles. The van der Waals surface area contributed by atoms with Crippen molar-refractivity contribution in [2.75, 3.05) is 18.1 Å². The molecule has 3 rings (SSSR count). The summed E-state index contributed by atoms with van der Waals surface area (Å²) in [5.41, 5.74) is 1.97. The van der Waals surface area contributed by atoms with E-state index in [1.54, 1.807) is 4.90 Å². The Morgan fingerprint density at radius 2 is 2.12 bits per heavy atom. The van der Waals surface area contributed by atoms with E-state index in [0.717, 1.165) is 11.3 Å². The monoisotopic (exact) mass is 347 g/mol. The quantitative estimate of drug-likeness (QED) is 0.817. The lowest BCUT2D eigenvalue weighted by molar-refractivity contribution is 0.181. The zero-order chi connectivity index (χ0) is 16.9. The van der Waals surface area contributed by atoms with E-state index in [9.17, 15) is 4.79 Å². The number of anilines is 1. The lowest BCUT2D eigenvalue weighted by Gasteiger charge is -2.26. The largest absolute Gasteiger partial charge is 0.447 e. The van der Waals surface area contributed by atoms with Crippen LogP contribution in [0, 0.1) is 0 Å². The SMILES string of the molecule is C[C@@H](NC(=S)NC1CCCCC1)c1cccc(N2CCOC2=O)c1. The summed E-state index contributed by atoms with van der Waals surface area (Å²) in [4.78, 5) is 13.4. The fourth-order valence-electron chi connectivity index (χ4n) is 3.34. The fraction of sp³-hybridized carbons (Fsp3) is 0.556. The molecule has 0 aromatic heterocycles. The Bertz CT molecular complexity index is 602. The van der Waals surface area contributed by atoms with Crippen LogP contribution in [0.4, 0.5) is 10.5 Å². The minimum Gasteiger partial charge on any atom is -0.447 e. The molecule has 5 nitrogen and oxygen atoms in total. The number of thiocarbonyl (C=S) groups is 1. The van der Waals surface area contributed by atoms with Gasteiger partial charge in [-0.15, -0.1) is 0 Å². The second kappa shape index (κ2) is 7.83. The molecule has 2 fully saturated rings. The Balaban J connectivity index is 1.59. The number of carbonyl (C=O) groups excluding carboxylic acids is 1. The molecule has 1 aromatic carbocycles. The summed E-state index contributed by atoms with van der Waals surface area (Å²) in [6.07, 6.45) is 6.02. The van der Waals surface area contributed by atoms with Crippen LogP contribution < -0.4 is 15.5 Å². The van der Waals surface area contributed by atoms with E-state index >= 15 is 0 Å². The summed E-state index contributed by atoms with van der Waals surface area (Å²) >= 11 is 5.46. The summed E-state index contributed by atoms with van der Waals surface area (Å²) in [5, 5.41) is 7.50. The smallest absolute Gasteiger partial charge is 0.414 e. The number of rotatable bonds is 4. The number of nitrogens with one attached hydrogen (secondary N) is 2. The highest BCUT2D eigenvalue weighted by Crippen LogP contribution is 2.23. The van der Waals surface area contributed by atoms with Gasteiger partial charge in [-0.2, -0.15) is 0 Å². The van der Waals surface area contributed by atoms with Crippen molar-refractivity contribution in [1.82, 2.24) is 10.6 Å². The van der Waals surface area contributed by atoms with E-state index in [-0.39, 0.29) is 12.1 Å². The molecule has 0 spiro atoms. The van der Waals surface area contributed by atoms with Crippen molar-refractivity contribution in [3.8, 4) is 0 Å². The van der Waals surface area contributed by atoms with Gasteiger partial charge in [0.1, 0.15) is 6.61 Å². The van der Waals surface area contributed by atoms with Crippen LogP contribution in [0.15, 0.2) is 24.3 Å². The van der Waals surface area contributed by atoms with Gasteiger partial charge in [0, 0.05) is 11.7 Å². The van der Waals surface area contributed by atoms with Gasteiger partial charge in [-0.05, 0) is 49.7 Å². The van der Waals surface area contributed by atoms with Gasteiger partial charge in [-0.1, -0.05) is 31.4 Å². The first-order valence-electron chi connectivity index (χ1n) is 8.75. The zero-order valence-corrected chi connectivity index (χ0v) is 14.9. The Labute approximate surface area is 148 Å². The second-order valence-electron chi connectivity index (χ2n) is 6.54. The van der Waals surface area contributed by atoms with Crippen LogP contribution >= 0.6 is 12.2 Å². The topological polar surface area (TPSA) is 53.6 Å². The summed E-state index contributed by atoms with van der Waals surface area (Å²) in [6, 6.07) is 8.54. The highest BCUT2D eigenvalue weighted by molar-refractivity contribution is 7.80. The number of cyclic esters (lactones) is 1. The van der Waals surface area contributed by atoms with E-state index in [2.05, 4.69) is 17.6 Å². The lowest BCUT2D eigenvalue weighted by atomic mass is 9.96. The van der Waals surface area contributed by atoms with Gasteiger partial charge in [0.15, 0.2) is 5.11 Å². The number of carbonyl (C=O) groups is 1. The Kier molecular flexibility index (Phi) is 5.56. The third-order valence-electron chi connectivity index (χ3n) is 4.73. The molecule has 1 aliphatic carbocycles. The number of hydrogen-bond acceptors (Lipinski definition) is 3. The predicted octanol–water partition coefficient (Wildman–Crippen LogP) is 3.50. The molecule has 2 aliphatic rings. The number of hydrogen-bond donors (Lipinski definition) is 2. The van der Waals surface area contributed by atoms with Crippen molar-refractivity contribution in [1.29, 1.82) is 0 Å². The average molecular weight is 347 g/mol. The highest BCUT2D eigenvalue weighted by atomic mass is 32.1. The van der Waals surface area contributed by atoms with Crippen molar-refractivity contribution < 1.29 is 9.53 Å². The van der Waals surface area contributed by atoms with E-state index in [0.29, 0.717) is 24.3 Å². The maximum atomic E-state index is 11.7. The third-order valence-corrected chi connectivity index (χ3v) is 4.97. The predicted molar refractivity (Wildman–Crippen MR) is 99.3 cm³/mol. The van der Waals surface area contributed by atoms with Crippen molar-refractivity contribution in [2.45, 2.75) is 51.1 Å².